The summed E-state index contributed by atoms with van der Waals surface area (Å²) in [4.78, 5) is 13.7. The van der Waals surface area contributed by atoms with Gasteiger partial charge in [-0.25, -0.2) is 4.39 Å². The third-order valence-corrected chi connectivity index (χ3v) is 3.63. The standard InChI is InChI=1S/C19H22FNO2/c1-15-5-3-8-18(13-15)23-12-11-21(2)19(22)10-9-16-6-4-7-17(20)14-16/h3-8,13-14H,9-12H2,1-2H3. The van der Waals surface area contributed by atoms with E-state index in [9.17, 15) is 9.18 Å². The Bertz CT molecular complexity index is 657. The molecule has 0 saturated carbocycles. The molecular weight excluding hydrogens is 293 g/mol. The van der Waals surface area contributed by atoms with Crippen LogP contribution in [0.3, 0.4) is 0 Å². The summed E-state index contributed by atoms with van der Waals surface area (Å²) in [6.07, 6.45) is 0.907. The lowest BCUT2D eigenvalue weighted by Gasteiger charge is -2.17. The van der Waals surface area contributed by atoms with Crippen molar-refractivity contribution in [2.24, 2.45) is 0 Å². The summed E-state index contributed by atoms with van der Waals surface area (Å²) >= 11 is 0. The number of halogens is 1. The lowest BCUT2D eigenvalue weighted by Crippen LogP contribution is -2.31. The summed E-state index contributed by atoms with van der Waals surface area (Å²) in [6, 6.07) is 14.2. The van der Waals surface area contributed by atoms with Crippen LogP contribution >= 0.6 is 0 Å². The molecule has 0 radical (unpaired) electrons. The number of ether oxygens (including phenoxy) is 1. The highest BCUT2D eigenvalue weighted by Gasteiger charge is 2.09. The van der Waals surface area contributed by atoms with E-state index in [1.54, 1.807) is 18.0 Å². The number of aryl methyl sites for hydroxylation is 2. The molecule has 0 N–H and O–H groups in total. The van der Waals surface area contributed by atoms with Gasteiger partial charge in [0.2, 0.25) is 5.91 Å². The number of carbonyl (C=O) groups is 1. The molecule has 2 aromatic rings. The van der Waals surface area contributed by atoms with Crippen molar-refractivity contribution in [2.45, 2.75) is 19.8 Å². The number of hydrogen-bond acceptors (Lipinski definition) is 2. The zero-order chi connectivity index (χ0) is 16.7. The number of rotatable bonds is 7. The van der Waals surface area contributed by atoms with E-state index in [4.69, 9.17) is 4.74 Å². The molecule has 0 unspecified atom stereocenters. The van der Waals surface area contributed by atoms with Crippen LogP contribution in [-0.4, -0.2) is 31.0 Å². The van der Waals surface area contributed by atoms with Gasteiger partial charge >= 0.3 is 0 Å². The fourth-order valence-corrected chi connectivity index (χ4v) is 2.26. The highest BCUT2D eigenvalue weighted by Crippen LogP contribution is 2.12. The number of benzene rings is 2. The Kier molecular flexibility index (Phi) is 6.15. The second kappa shape index (κ2) is 8.32. The van der Waals surface area contributed by atoms with Gasteiger partial charge in [-0.1, -0.05) is 24.3 Å². The van der Waals surface area contributed by atoms with Crippen molar-refractivity contribution in [3.05, 3.63) is 65.5 Å². The molecule has 122 valence electrons. The van der Waals surface area contributed by atoms with Crippen molar-refractivity contribution < 1.29 is 13.9 Å². The van der Waals surface area contributed by atoms with E-state index < -0.39 is 0 Å². The first-order chi connectivity index (χ1) is 11.0. The Morgan fingerprint density at radius 2 is 1.96 bits per heavy atom. The molecule has 2 rings (SSSR count). The van der Waals surface area contributed by atoms with Crippen molar-refractivity contribution in [1.29, 1.82) is 0 Å². The molecule has 0 fully saturated rings. The van der Waals surface area contributed by atoms with Crippen LogP contribution in [0.5, 0.6) is 5.75 Å². The summed E-state index contributed by atoms with van der Waals surface area (Å²) < 4.78 is 18.7. The molecule has 0 aliphatic rings. The second-order valence-corrected chi connectivity index (χ2v) is 5.61. The minimum Gasteiger partial charge on any atom is -0.492 e. The Balaban J connectivity index is 1.72. The van der Waals surface area contributed by atoms with Gasteiger partial charge in [-0.05, 0) is 48.7 Å². The molecule has 23 heavy (non-hydrogen) atoms. The number of carbonyl (C=O) groups excluding carboxylic acids is 1. The highest BCUT2D eigenvalue weighted by atomic mass is 19.1. The molecule has 2 aromatic carbocycles. The molecule has 0 saturated heterocycles. The fourth-order valence-electron chi connectivity index (χ4n) is 2.26. The highest BCUT2D eigenvalue weighted by molar-refractivity contribution is 5.76. The zero-order valence-corrected chi connectivity index (χ0v) is 13.6. The second-order valence-electron chi connectivity index (χ2n) is 5.61. The number of nitrogens with zero attached hydrogens (tertiary/aromatic N) is 1. The Morgan fingerprint density at radius 3 is 2.70 bits per heavy atom. The average Bonchev–Trinajstić information content (AvgIpc) is 2.52. The SMILES string of the molecule is Cc1cccc(OCCN(C)C(=O)CCc2cccc(F)c2)c1. The van der Waals surface area contributed by atoms with Crippen LogP contribution in [0.15, 0.2) is 48.5 Å². The lowest BCUT2D eigenvalue weighted by atomic mass is 10.1. The molecular formula is C19H22FNO2. The summed E-state index contributed by atoms with van der Waals surface area (Å²) in [6.45, 7) is 2.98. The Hall–Kier alpha value is -2.36. The molecule has 0 aromatic heterocycles. The van der Waals surface area contributed by atoms with Crippen LogP contribution in [0.2, 0.25) is 0 Å². The fraction of sp³-hybridized carbons (Fsp3) is 0.316. The maximum absolute atomic E-state index is 13.1. The van der Waals surface area contributed by atoms with E-state index in [1.165, 1.54) is 12.1 Å². The Morgan fingerprint density at radius 1 is 1.17 bits per heavy atom. The first-order valence-corrected chi connectivity index (χ1v) is 7.72. The molecule has 0 aliphatic carbocycles. The lowest BCUT2D eigenvalue weighted by molar-refractivity contribution is -0.130. The third kappa shape index (κ3) is 5.74. The van der Waals surface area contributed by atoms with Gasteiger partial charge in [0.1, 0.15) is 18.2 Å². The van der Waals surface area contributed by atoms with E-state index in [0.717, 1.165) is 16.9 Å². The predicted molar refractivity (Wildman–Crippen MR) is 89.0 cm³/mol. The van der Waals surface area contributed by atoms with Crippen molar-refractivity contribution >= 4 is 5.91 Å². The Labute approximate surface area is 136 Å². The normalized spacial score (nSPS) is 10.4. The van der Waals surface area contributed by atoms with Gasteiger partial charge in [0, 0.05) is 13.5 Å². The first-order valence-electron chi connectivity index (χ1n) is 7.72. The molecule has 0 spiro atoms. The summed E-state index contributed by atoms with van der Waals surface area (Å²) in [5.74, 6) is 0.572. The molecule has 3 nitrogen and oxygen atoms in total. The van der Waals surface area contributed by atoms with E-state index in [2.05, 4.69) is 0 Å². The van der Waals surface area contributed by atoms with Crippen LogP contribution < -0.4 is 4.74 Å². The monoisotopic (exact) mass is 315 g/mol. The topological polar surface area (TPSA) is 29.5 Å². The maximum atomic E-state index is 13.1. The van der Waals surface area contributed by atoms with Crippen LogP contribution in [0.1, 0.15) is 17.5 Å². The zero-order valence-electron chi connectivity index (χ0n) is 13.6. The van der Waals surface area contributed by atoms with Crippen LogP contribution in [0.4, 0.5) is 4.39 Å². The number of amides is 1. The summed E-state index contributed by atoms with van der Waals surface area (Å²) in [5, 5.41) is 0. The van der Waals surface area contributed by atoms with Gasteiger partial charge in [0.05, 0.1) is 6.54 Å². The molecule has 1 amide bonds. The van der Waals surface area contributed by atoms with Crippen molar-refractivity contribution in [2.75, 3.05) is 20.2 Å². The molecule has 0 aliphatic heterocycles. The number of likely N-dealkylation sites (N-methyl/N-ethyl adjacent to an activating group) is 1. The van der Waals surface area contributed by atoms with E-state index >= 15 is 0 Å². The van der Waals surface area contributed by atoms with Crippen LogP contribution in [-0.2, 0) is 11.2 Å². The largest absolute Gasteiger partial charge is 0.492 e. The van der Waals surface area contributed by atoms with E-state index in [-0.39, 0.29) is 11.7 Å². The quantitative estimate of drug-likeness (QED) is 0.781. The molecule has 0 atom stereocenters. The van der Waals surface area contributed by atoms with Gasteiger partial charge in [-0.15, -0.1) is 0 Å². The minimum atomic E-state index is -0.269. The predicted octanol–water partition coefficient (Wildman–Crippen LogP) is 3.60. The third-order valence-electron chi connectivity index (χ3n) is 3.63. The van der Waals surface area contributed by atoms with Crippen molar-refractivity contribution in [3.63, 3.8) is 0 Å². The van der Waals surface area contributed by atoms with Gasteiger partial charge in [-0.2, -0.15) is 0 Å². The van der Waals surface area contributed by atoms with Crippen molar-refractivity contribution in [1.82, 2.24) is 4.90 Å². The maximum Gasteiger partial charge on any atom is 0.222 e. The van der Waals surface area contributed by atoms with E-state index in [1.807, 2.05) is 37.3 Å². The smallest absolute Gasteiger partial charge is 0.222 e. The number of hydrogen-bond donors (Lipinski definition) is 0. The molecule has 4 heteroatoms. The minimum absolute atomic E-state index is 0.0297. The first kappa shape index (κ1) is 17.0. The van der Waals surface area contributed by atoms with Gasteiger partial charge in [-0.3, -0.25) is 4.79 Å². The molecule has 0 heterocycles. The van der Waals surface area contributed by atoms with Gasteiger partial charge in [0.25, 0.3) is 0 Å². The summed E-state index contributed by atoms with van der Waals surface area (Å²) in [5.41, 5.74) is 1.98. The average molecular weight is 315 g/mol. The summed E-state index contributed by atoms with van der Waals surface area (Å²) in [7, 11) is 1.76. The van der Waals surface area contributed by atoms with Crippen LogP contribution in [0.25, 0.3) is 0 Å². The van der Waals surface area contributed by atoms with E-state index in [0.29, 0.717) is 26.0 Å². The van der Waals surface area contributed by atoms with Crippen molar-refractivity contribution in [3.8, 4) is 5.75 Å². The van der Waals surface area contributed by atoms with Gasteiger partial charge < -0.3 is 9.64 Å². The van der Waals surface area contributed by atoms with Crippen LogP contribution in [0, 0.1) is 12.7 Å². The van der Waals surface area contributed by atoms with Gasteiger partial charge in [0.15, 0.2) is 0 Å². The molecule has 0 bridgehead atoms.